The second-order valence-electron chi connectivity index (χ2n) is 6.83. The fourth-order valence-electron chi connectivity index (χ4n) is 3.07. The molecule has 0 radical (unpaired) electrons. The summed E-state index contributed by atoms with van der Waals surface area (Å²) in [5.74, 6) is -0.0264. The van der Waals surface area contributed by atoms with E-state index in [9.17, 15) is 9.59 Å². The van der Waals surface area contributed by atoms with Crippen molar-refractivity contribution >= 4 is 62.2 Å². The highest BCUT2D eigenvalue weighted by Gasteiger charge is 2.21. The molecule has 0 unspecified atom stereocenters. The molecule has 0 saturated carbocycles. The summed E-state index contributed by atoms with van der Waals surface area (Å²) in [6.07, 6.45) is 0.153. The van der Waals surface area contributed by atoms with Gasteiger partial charge < -0.3 is 14.4 Å². The summed E-state index contributed by atoms with van der Waals surface area (Å²) in [4.78, 5) is 27.0. The number of methoxy groups -OCH3 is 1. The lowest BCUT2D eigenvalue weighted by Crippen LogP contribution is -2.43. The second kappa shape index (κ2) is 11.3. The zero-order valence-electron chi connectivity index (χ0n) is 17.7. The highest BCUT2D eigenvalue weighted by atomic mass is 35.5. The number of nitrogens with one attached hydrogen (secondary N) is 1. The van der Waals surface area contributed by atoms with E-state index in [4.69, 9.17) is 33.3 Å². The Bertz CT molecular complexity index is 1120. The third kappa shape index (κ3) is 5.97. The number of thiocarbonyl (C=S) groups is 1. The summed E-state index contributed by atoms with van der Waals surface area (Å²) >= 11 is 13.3. The van der Waals surface area contributed by atoms with E-state index in [-0.39, 0.29) is 17.5 Å². The molecule has 1 amide bonds. The number of amides is 1. The molecule has 32 heavy (non-hydrogen) atoms. The van der Waals surface area contributed by atoms with E-state index < -0.39 is 5.91 Å². The highest BCUT2D eigenvalue weighted by molar-refractivity contribution is 7.80. The van der Waals surface area contributed by atoms with E-state index in [0.717, 1.165) is 15.6 Å². The van der Waals surface area contributed by atoms with Crippen molar-refractivity contribution in [2.24, 2.45) is 0 Å². The van der Waals surface area contributed by atoms with Gasteiger partial charge in [0.05, 0.1) is 25.2 Å². The number of rotatable bonds is 8. The Morgan fingerprint density at radius 1 is 1.19 bits per heavy atom. The van der Waals surface area contributed by atoms with Gasteiger partial charge in [-0.15, -0.1) is 11.3 Å². The monoisotopic (exact) mass is 490 g/mol. The number of ether oxygens (including phenoxy) is 2. The molecule has 0 atom stereocenters. The molecule has 1 N–H and O–H groups in total. The van der Waals surface area contributed by atoms with Crippen molar-refractivity contribution in [2.75, 3.05) is 20.3 Å². The minimum Gasteiger partial charge on any atom is -0.497 e. The van der Waals surface area contributed by atoms with Gasteiger partial charge in [0, 0.05) is 23.2 Å². The van der Waals surface area contributed by atoms with Crippen molar-refractivity contribution in [1.29, 1.82) is 0 Å². The Balaban J connectivity index is 1.76. The first-order chi connectivity index (χ1) is 15.4. The van der Waals surface area contributed by atoms with Crippen molar-refractivity contribution in [3.8, 4) is 5.75 Å². The van der Waals surface area contributed by atoms with Crippen molar-refractivity contribution in [3.63, 3.8) is 0 Å². The van der Waals surface area contributed by atoms with Gasteiger partial charge in [-0.3, -0.25) is 14.9 Å². The fourth-order valence-corrected chi connectivity index (χ4v) is 4.76. The van der Waals surface area contributed by atoms with Crippen LogP contribution in [0, 0.1) is 0 Å². The van der Waals surface area contributed by atoms with Crippen molar-refractivity contribution in [1.82, 2.24) is 10.2 Å². The molecule has 0 bridgehead atoms. The van der Waals surface area contributed by atoms with E-state index in [2.05, 4.69) is 5.32 Å². The number of hydrogen-bond donors (Lipinski definition) is 1. The number of hydrogen-bond acceptors (Lipinski definition) is 6. The van der Waals surface area contributed by atoms with Gasteiger partial charge in [0.1, 0.15) is 10.6 Å². The lowest BCUT2D eigenvalue weighted by molar-refractivity contribution is -0.143. The number of carbonyl (C=O) groups is 2. The average Bonchev–Trinajstić information content (AvgIpc) is 3.13. The Hall–Kier alpha value is -2.68. The number of fused-ring (bicyclic) bond motifs is 1. The van der Waals surface area contributed by atoms with Crippen molar-refractivity contribution in [2.45, 2.75) is 19.9 Å². The number of halogens is 1. The molecule has 0 spiro atoms. The second-order valence-corrected chi connectivity index (χ2v) is 8.65. The van der Waals surface area contributed by atoms with E-state index in [1.807, 2.05) is 42.5 Å². The summed E-state index contributed by atoms with van der Waals surface area (Å²) in [7, 11) is 1.58. The predicted molar refractivity (Wildman–Crippen MR) is 132 cm³/mol. The van der Waals surface area contributed by atoms with Gasteiger partial charge in [-0.2, -0.15) is 0 Å². The van der Waals surface area contributed by atoms with Gasteiger partial charge in [0.25, 0.3) is 5.91 Å². The van der Waals surface area contributed by atoms with Crippen LogP contribution in [0.3, 0.4) is 0 Å². The Labute approximate surface area is 201 Å². The number of benzene rings is 2. The van der Waals surface area contributed by atoms with E-state index in [1.54, 1.807) is 25.0 Å². The summed E-state index contributed by atoms with van der Waals surface area (Å²) < 4.78 is 11.1. The normalized spacial score (nSPS) is 10.6. The topological polar surface area (TPSA) is 67.9 Å². The Morgan fingerprint density at radius 3 is 2.62 bits per heavy atom. The average molecular weight is 491 g/mol. The predicted octanol–water partition coefficient (Wildman–Crippen LogP) is 5.03. The third-order valence-electron chi connectivity index (χ3n) is 4.66. The quantitative estimate of drug-likeness (QED) is 0.352. The lowest BCUT2D eigenvalue weighted by atomic mass is 10.2. The van der Waals surface area contributed by atoms with Gasteiger partial charge >= 0.3 is 5.97 Å². The molecule has 1 heterocycles. The van der Waals surface area contributed by atoms with E-state index in [1.165, 1.54) is 11.3 Å². The van der Waals surface area contributed by atoms with Gasteiger partial charge in [-0.05, 0) is 42.9 Å². The smallest absolute Gasteiger partial charge is 0.307 e. The zero-order chi connectivity index (χ0) is 23.1. The maximum absolute atomic E-state index is 13.0. The van der Waals surface area contributed by atoms with E-state index in [0.29, 0.717) is 35.3 Å². The van der Waals surface area contributed by atoms with Crippen LogP contribution in [0.1, 0.15) is 28.6 Å². The molecular formula is C23H23ClN2O4S2. The molecule has 3 aromatic rings. The largest absolute Gasteiger partial charge is 0.497 e. The molecule has 3 rings (SSSR count). The van der Waals surface area contributed by atoms with Gasteiger partial charge in [0.15, 0.2) is 5.11 Å². The maximum Gasteiger partial charge on any atom is 0.307 e. The Kier molecular flexibility index (Phi) is 8.44. The summed E-state index contributed by atoms with van der Waals surface area (Å²) in [6, 6.07) is 15.1. The number of esters is 1. The molecule has 0 aliphatic heterocycles. The molecule has 1 aromatic heterocycles. The van der Waals surface area contributed by atoms with Crippen LogP contribution in [-0.2, 0) is 16.1 Å². The van der Waals surface area contributed by atoms with Crippen LogP contribution in [0.25, 0.3) is 10.1 Å². The van der Waals surface area contributed by atoms with Gasteiger partial charge in [0.2, 0.25) is 0 Å². The summed E-state index contributed by atoms with van der Waals surface area (Å²) in [6.45, 7) is 2.82. The standard InChI is InChI=1S/C23H23ClN2O4S2/c1-3-30-19(27)11-12-26(14-15-7-5-4-6-8-15)23(31)25-22(28)21-20(24)17-10-9-16(29-2)13-18(17)32-21/h4-10,13H,3,11-12,14H2,1-2H3,(H,25,28,31). The molecule has 168 valence electrons. The van der Waals surface area contributed by atoms with E-state index >= 15 is 0 Å². The zero-order valence-corrected chi connectivity index (χ0v) is 20.1. The molecule has 0 saturated heterocycles. The third-order valence-corrected chi connectivity index (χ3v) is 6.67. The minimum absolute atomic E-state index is 0.153. The van der Waals surface area contributed by atoms with Crippen LogP contribution >= 0.6 is 35.2 Å². The maximum atomic E-state index is 13.0. The molecule has 2 aromatic carbocycles. The SMILES string of the molecule is CCOC(=O)CCN(Cc1ccccc1)C(=S)NC(=O)c1sc2cc(OC)ccc2c1Cl. The van der Waals surface area contributed by atoms with Crippen LogP contribution in [0.5, 0.6) is 5.75 Å². The highest BCUT2D eigenvalue weighted by Crippen LogP contribution is 2.37. The van der Waals surface area contributed by atoms with Crippen molar-refractivity contribution in [3.05, 3.63) is 64.0 Å². The molecule has 0 fully saturated rings. The Morgan fingerprint density at radius 2 is 1.94 bits per heavy atom. The first-order valence-electron chi connectivity index (χ1n) is 9.98. The van der Waals surface area contributed by atoms with Crippen LogP contribution in [0.2, 0.25) is 5.02 Å². The number of carbonyl (C=O) groups excluding carboxylic acids is 2. The molecule has 0 aliphatic carbocycles. The minimum atomic E-state index is -0.394. The van der Waals surface area contributed by atoms with Crippen LogP contribution in [0.15, 0.2) is 48.5 Å². The fraction of sp³-hybridized carbons (Fsp3) is 0.261. The first-order valence-corrected chi connectivity index (χ1v) is 11.6. The molecule has 9 heteroatoms. The van der Waals surface area contributed by atoms with Crippen molar-refractivity contribution < 1.29 is 19.1 Å². The van der Waals surface area contributed by atoms with Crippen LogP contribution in [-0.4, -0.2) is 42.2 Å². The molecular weight excluding hydrogens is 468 g/mol. The summed E-state index contributed by atoms with van der Waals surface area (Å²) in [5.41, 5.74) is 1.000. The first kappa shape index (κ1) is 24.0. The number of nitrogens with zero attached hydrogens (tertiary/aromatic N) is 1. The molecule has 6 nitrogen and oxygen atoms in total. The molecule has 0 aliphatic rings. The number of thiophene rings is 1. The summed E-state index contributed by atoms with van der Waals surface area (Å²) in [5, 5.41) is 4.13. The van der Waals surface area contributed by atoms with Gasteiger partial charge in [-0.25, -0.2) is 0 Å². The van der Waals surface area contributed by atoms with Crippen LogP contribution < -0.4 is 10.1 Å². The lowest BCUT2D eigenvalue weighted by Gasteiger charge is -2.25. The van der Waals surface area contributed by atoms with Gasteiger partial charge in [-0.1, -0.05) is 41.9 Å². The van der Waals surface area contributed by atoms with Crippen LogP contribution in [0.4, 0.5) is 0 Å².